The number of benzene rings is 1. The first-order chi connectivity index (χ1) is 8.66. The molecule has 3 rings (SSSR count). The molecule has 1 aromatic carbocycles. The van der Waals surface area contributed by atoms with Crippen LogP contribution in [0.15, 0.2) is 36.7 Å². The first-order valence-electron chi connectivity index (χ1n) is 5.80. The largest absolute Gasteiger partial charge is 0.398 e. The molecule has 0 spiro atoms. The van der Waals surface area contributed by atoms with Crippen molar-refractivity contribution in [1.82, 2.24) is 14.5 Å². The first kappa shape index (κ1) is 10.8. The zero-order valence-corrected chi connectivity index (χ0v) is 10.4. The fourth-order valence-corrected chi connectivity index (χ4v) is 2.14. The van der Waals surface area contributed by atoms with Gasteiger partial charge in [0.15, 0.2) is 0 Å². The van der Waals surface area contributed by atoms with E-state index >= 15 is 0 Å². The number of pyridine rings is 1. The van der Waals surface area contributed by atoms with E-state index in [-0.39, 0.29) is 0 Å². The smallest absolute Gasteiger partial charge is 0.143 e. The summed E-state index contributed by atoms with van der Waals surface area (Å²) in [6.45, 7) is 2.05. The van der Waals surface area contributed by atoms with Gasteiger partial charge in [0.2, 0.25) is 0 Å². The highest BCUT2D eigenvalue weighted by atomic mass is 15.1. The Morgan fingerprint density at radius 1 is 1.22 bits per heavy atom. The number of nitrogen functional groups attached to an aromatic ring is 1. The Balaban J connectivity index is 2.31. The molecule has 3 aromatic rings. The molecule has 0 bridgehead atoms. The van der Waals surface area contributed by atoms with E-state index < -0.39 is 0 Å². The Bertz CT molecular complexity index is 728. The third-order valence-electron chi connectivity index (χ3n) is 3.13. The molecule has 2 aromatic heterocycles. The molecule has 18 heavy (non-hydrogen) atoms. The van der Waals surface area contributed by atoms with Crippen molar-refractivity contribution in [2.75, 3.05) is 5.73 Å². The lowest BCUT2D eigenvalue weighted by atomic mass is 10.1. The van der Waals surface area contributed by atoms with Crippen molar-refractivity contribution < 1.29 is 0 Å². The van der Waals surface area contributed by atoms with Crippen molar-refractivity contribution in [2.24, 2.45) is 7.05 Å². The molecule has 2 heterocycles. The number of aromatic nitrogens is 3. The highest BCUT2D eigenvalue weighted by Crippen LogP contribution is 2.28. The molecule has 4 heteroatoms. The Morgan fingerprint density at radius 3 is 2.83 bits per heavy atom. The molecular formula is C14H14N4. The number of fused-ring (bicyclic) bond motifs is 1. The van der Waals surface area contributed by atoms with Crippen LogP contribution in [0.5, 0.6) is 0 Å². The molecule has 90 valence electrons. The minimum Gasteiger partial charge on any atom is -0.398 e. The fraction of sp³-hybridized carbons (Fsp3) is 0.143. The van der Waals surface area contributed by atoms with Crippen LogP contribution in [-0.4, -0.2) is 14.5 Å². The Kier molecular flexibility index (Phi) is 2.30. The minimum absolute atomic E-state index is 0.743. The van der Waals surface area contributed by atoms with Gasteiger partial charge in [-0.3, -0.25) is 4.98 Å². The number of imidazole rings is 1. The predicted molar refractivity (Wildman–Crippen MR) is 73.1 cm³/mol. The van der Waals surface area contributed by atoms with Gasteiger partial charge in [-0.2, -0.15) is 0 Å². The monoisotopic (exact) mass is 238 g/mol. The standard InChI is InChI=1S/C14H14N4/c1-9-3-4-11(15)10(7-9)14-17-12-5-6-16-8-13(12)18(14)2/h3-8H,15H2,1-2H3. The average Bonchev–Trinajstić information content (AvgIpc) is 2.71. The number of anilines is 1. The van der Waals surface area contributed by atoms with Gasteiger partial charge in [0.05, 0.1) is 17.2 Å². The zero-order chi connectivity index (χ0) is 12.7. The lowest BCUT2D eigenvalue weighted by molar-refractivity contribution is 0.956. The zero-order valence-electron chi connectivity index (χ0n) is 10.4. The van der Waals surface area contributed by atoms with Gasteiger partial charge in [0, 0.05) is 24.5 Å². The second-order valence-electron chi connectivity index (χ2n) is 4.45. The van der Waals surface area contributed by atoms with Gasteiger partial charge in [-0.1, -0.05) is 11.6 Å². The van der Waals surface area contributed by atoms with Crippen LogP contribution in [0, 0.1) is 6.92 Å². The van der Waals surface area contributed by atoms with Gasteiger partial charge >= 0.3 is 0 Å². The summed E-state index contributed by atoms with van der Waals surface area (Å²) < 4.78 is 2.02. The second kappa shape index (κ2) is 3.84. The molecule has 0 atom stereocenters. The summed E-state index contributed by atoms with van der Waals surface area (Å²) in [5.74, 6) is 0.874. The predicted octanol–water partition coefficient (Wildman–Crippen LogP) is 2.53. The number of nitrogens with two attached hydrogens (primary N) is 1. The first-order valence-corrected chi connectivity index (χ1v) is 5.80. The van der Waals surface area contributed by atoms with Crippen molar-refractivity contribution >= 4 is 16.7 Å². The maximum Gasteiger partial charge on any atom is 0.143 e. The summed E-state index contributed by atoms with van der Waals surface area (Å²) in [5.41, 5.74) is 10.9. The quantitative estimate of drug-likeness (QED) is 0.663. The third kappa shape index (κ3) is 1.54. The fourth-order valence-electron chi connectivity index (χ4n) is 2.14. The second-order valence-corrected chi connectivity index (χ2v) is 4.45. The lowest BCUT2D eigenvalue weighted by Gasteiger charge is -2.06. The van der Waals surface area contributed by atoms with E-state index in [9.17, 15) is 0 Å². The van der Waals surface area contributed by atoms with E-state index in [1.807, 2.05) is 42.9 Å². The number of rotatable bonds is 1. The van der Waals surface area contributed by atoms with Gasteiger partial charge in [-0.05, 0) is 25.1 Å². The summed E-state index contributed by atoms with van der Waals surface area (Å²) in [5, 5.41) is 0. The van der Waals surface area contributed by atoms with Crippen LogP contribution < -0.4 is 5.73 Å². The van der Waals surface area contributed by atoms with Crippen LogP contribution in [-0.2, 0) is 7.05 Å². The van der Waals surface area contributed by atoms with E-state index in [2.05, 4.69) is 16.0 Å². The molecule has 0 aliphatic heterocycles. The SMILES string of the molecule is Cc1ccc(N)c(-c2nc3ccncc3n2C)c1. The van der Waals surface area contributed by atoms with E-state index in [4.69, 9.17) is 5.73 Å². The molecule has 0 radical (unpaired) electrons. The van der Waals surface area contributed by atoms with Crippen molar-refractivity contribution in [3.05, 3.63) is 42.2 Å². The number of hydrogen-bond acceptors (Lipinski definition) is 3. The topological polar surface area (TPSA) is 56.7 Å². The molecule has 2 N–H and O–H groups in total. The average molecular weight is 238 g/mol. The molecule has 0 aliphatic carbocycles. The van der Waals surface area contributed by atoms with Crippen LogP contribution in [0.2, 0.25) is 0 Å². The van der Waals surface area contributed by atoms with Crippen LogP contribution >= 0.6 is 0 Å². The van der Waals surface area contributed by atoms with Gasteiger partial charge in [0.25, 0.3) is 0 Å². The molecule has 4 nitrogen and oxygen atoms in total. The summed E-state index contributed by atoms with van der Waals surface area (Å²) in [6, 6.07) is 7.89. The van der Waals surface area contributed by atoms with Gasteiger partial charge < -0.3 is 10.3 Å². The number of hydrogen-bond donors (Lipinski definition) is 1. The maximum atomic E-state index is 6.04. The van der Waals surface area contributed by atoms with Gasteiger partial charge in [-0.15, -0.1) is 0 Å². The van der Waals surface area contributed by atoms with E-state index in [0.29, 0.717) is 0 Å². The minimum atomic E-state index is 0.743. The van der Waals surface area contributed by atoms with Crippen LogP contribution in [0.3, 0.4) is 0 Å². The molecule has 0 unspecified atom stereocenters. The van der Waals surface area contributed by atoms with Crippen LogP contribution in [0.25, 0.3) is 22.4 Å². The van der Waals surface area contributed by atoms with Gasteiger partial charge in [0.1, 0.15) is 5.82 Å². The van der Waals surface area contributed by atoms with E-state index in [1.54, 1.807) is 6.20 Å². The number of aryl methyl sites for hydroxylation is 2. The maximum absolute atomic E-state index is 6.04. The number of nitrogens with zero attached hydrogens (tertiary/aromatic N) is 3. The highest BCUT2D eigenvalue weighted by Gasteiger charge is 2.12. The Morgan fingerprint density at radius 2 is 2.06 bits per heavy atom. The van der Waals surface area contributed by atoms with Gasteiger partial charge in [-0.25, -0.2) is 4.98 Å². The van der Waals surface area contributed by atoms with Crippen molar-refractivity contribution in [2.45, 2.75) is 6.92 Å². The van der Waals surface area contributed by atoms with E-state index in [1.165, 1.54) is 5.56 Å². The normalized spacial score (nSPS) is 11.0. The third-order valence-corrected chi connectivity index (χ3v) is 3.13. The molecule has 0 saturated carbocycles. The van der Waals surface area contributed by atoms with Crippen molar-refractivity contribution in [3.8, 4) is 11.4 Å². The summed E-state index contributed by atoms with van der Waals surface area (Å²) in [6.07, 6.45) is 3.57. The van der Waals surface area contributed by atoms with Crippen LogP contribution in [0.4, 0.5) is 5.69 Å². The molecule has 0 saturated heterocycles. The Labute approximate surface area is 105 Å². The van der Waals surface area contributed by atoms with Crippen molar-refractivity contribution in [1.29, 1.82) is 0 Å². The van der Waals surface area contributed by atoms with Crippen LogP contribution in [0.1, 0.15) is 5.56 Å². The summed E-state index contributed by atoms with van der Waals surface area (Å²) in [7, 11) is 1.98. The molecular weight excluding hydrogens is 224 g/mol. The highest BCUT2D eigenvalue weighted by molar-refractivity contribution is 5.83. The summed E-state index contributed by atoms with van der Waals surface area (Å²) >= 11 is 0. The lowest BCUT2D eigenvalue weighted by Crippen LogP contribution is -1.97. The van der Waals surface area contributed by atoms with Crippen molar-refractivity contribution in [3.63, 3.8) is 0 Å². The van der Waals surface area contributed by atoms with E-state index in [0.717, 1.165) is 28.1 Å². The molecule has 0 fully saturated rings. The summed E-state index contributed by atoms with van der Waals surface area (Å²) in [4.78, 5) is 8.76. The molecule has 0 amide bonds. The molecule has 0 aliphatic rings. The Hall–Kier alpha value is -2.36.